The molecule has 0 atom stereocenters. The van der Waals surface area contributed by atoms with Gasteiger partial charge in [-0.15, -0.1) is 12.4 Å². The molecule has 0 amide bonds. The summed E-state index contributed by atoms with van der Waals surface area (Å²) in [6.45, 7) is 0. The second kappa shape index (κ2) is 7.28. The van der Waals surface area contributed by atoms with E-state index in [1.807, 2.05) is 36.4 Å². The maximum Gasteiger partial charge on any atom is 2.00 e. The van der Waals surface area contributed by atoms with Crippen LogP contribution in [0.1, 0.15) is 2.85 Å². The molecule has 0 aliphatic carbocycles. The van der Waals surface area contributed by atoms with Crippen molar-refractivity contribution < 1.29 is 2.85 Å². The Balaban J connectivity index is -0.0000000450. The third kappa shape index (κ3) is 4.44. The summed E-state index contributed by atoms with van der Waals surface area (Å²) >= 11 is 0. The molecule has 0 aliphatic heterocycles. The summed E-state index contributed by atoms with van der Waals surface area (Å²) in [4.78, 5) is 0. The molecule has 0 fully saturated rings. The van der Waals surface area contributed by atoms with Crippen LogP contribution < -0.4 is 0 Å². The first-order valence-corrected chi connectivity index (χ1v) is 2.00. The van der Waals surface area contributed by atoms with E-state index in [0.717, 1.165) is 0 Å². The molecule has 0 radical (unpaired) electrons. The van der Waals surface area contributed by atoms with Gasteiger partial charge in [-0.25, -0.2) is 0 Å². The summed E-state index contributed by atoms with van der Waals surface area (Å²) in [6, 6.07) is 12.0. The monoisotopic (exact) mass is 140 g/mol. The Labute approximate surface area is 74.8 Å². The Kier molecular flexibility index (Phi) is 10.1. The molecule has 1 aromatic carbocycles. The SMILES string of the molecule is Cl.[H-].[H-].[Mg+2].c1ccccc1. The van der Waals surface area contributed by atoms with Crippen LogP contribution in [0.15, 0.2) is 36.4 Å². The van der Waals surface area contributed by atoms with Gasteiger partial charge in [-0.1, -0.05) is 36.4 Å². The molecule has 0 saturated carbocycles. The quantitative estimate of drug-likeness (QED) is 0.484. The van der Waals surface area contributed by atoms with E-state index in [1.165, 1.54) is 0 Å². The van der Waals surface area contributed by atoms with Gasteiger partial charge in [0.25, 0.3) is 0 Å². The van der Waals surface area contributed by atoms with Crippen LogP contribution in [0.5, 0.6) is 0 Å². The molecule has 0 nitrogen and oxygen atoms in total. The Bertz CT molecular complexity index is 87.7. The molecule has 1 rings (SSSR count). The van der Waals surface area contributed by atoms with Gasteiger partial charge in [-0.3, -0.25) is 0 Å². The van der Waals surface area contributed by atoms with E-state index in [2.05, 4.69) is 0 Å². The summed E-state index contributed by atoms with van der Waals surface area (Å²) in [6.07, 6.45) is 0. The van der Waals surface area contributed by atoms with E-state index in [9.17, 15) is 0 Å². The van der Waals surface area contributed by atoms with Gasteiger partial charge in [-0.2, -0.15) is 0 Å². The summed E-state index contributed by atoms with van der Waals surface area (Å²) in [5.41, 5.74) is 0. The maximum absolute atomic E-state index is 2.00. The topological polar surface area (TPSA) is 0 Å². The van der Waals surface area contributed by atoms with E-state index in [-0.39, 0.29) is 38.3 Å². The number of hydrogen-bond acceptors (Lipinski definition) is 0. The minimum absolute atomic E-state index is 0. The smallest absolute Gasteiger partial charge is 1.00 e. The van der Waals surface area contributed by atoms with Crippen LogP contribution in [-0.2, 0) is 0 Å². The van der Waals surface area contributed by atoms with Gasteiger partial charge in [0.15, 0.2) is 0 Å². The first kappa shape index (κ1) is 11.1. The second-order valence-corrected chi connectivity index (χ2v) is 1.15. The average Bonchev–Trinajstić information content (AvgIpc) is 1.72. The minimum Gasteiger partial charge on any atom is -1.00 e. The normalized spacial score (nSPS) is 6.00. The molecule has 0 unspecified atom stereocenters. The Morgan fingerprint density at radius 2 is 0.750 bits per heavy atom. The van der Waals surface area contributed by atoms with Gasteiger partial charge >= 0.3 is 23.1 Å². The summed E-state index contributed by atoms with van der Waals surface area (Å²) in [7, 11) is 0. The van der Waals surface area contributed by atoms with E-state index < -0.39 is 0 Å². The molecule has 0 bridgehead atoms. The minimum atomic E-state index is 0. The summed E-state index contributed by atoms with van der Waals surface area (Å²) in [5.74, 6) is 0. The molecule has 2 heteroatoms. The van der Waals surface area contributed by atoms with Crippen LogP contribution in [0, 0.1) is 0 Å². The third-order valence-corrected chi connectivity index (χ3v) is 0.667. The second-order valence-electron chi connectivity index (χ2n) is 1.15. The van der Waals surface area contributed by atoms with Gasteiger partial charge in [0.1, 0.15) is 0 Å². The molecular formula is C6H9ClMg. The van der Waals surface area contributed by atoms with Gasteiger partial charge in [-0.05, 0) is 0 Å². The van der Waals surface area contributed by atoms with Crippen molar-refractivity contribution in [3.05, 3.63) is 36.4 Å². The predicted octanol–water partition coefficient (Wildman–Crippen LogP) is 1.95. The zero-order valence-electron chi connectivity index (χ0n) is 6.58. The Morgan fingerprint density at radius 1 is 0.625 bits per heavy atom. The van der Waals surface area contributed by atoms with Crippen molar-refractivity contribution in [2.75, 3.05) is 0 Å². The van der Waals surface area contributed by atoms with Crippen molar-refractivity contribution in [1.82, 2.24) is 0 Å². The zero-order valence-corrected chi connectivity index (χ0v) is 6.81. The van der Waals surface area contributed by atoms with Crippen LogP contribution >= 0.6 is 12.4 Å². The first-order chi connectivity index (χ1) is 3.00. The molecule has 0 spiro atoms. The van der Waals surface area contributed by atoms with Crippen molar-refractivity contribution in [3.63, 3.8) is 0 Å². The zero-order chi connectivity index (χ0) is 4.24. The molecule has 0 aliphatic rings. The van der Waals surface area contributed by atoms with Crippen LogP contribution in [-0.4, -0.2) is 23.1 Å². The van der Waals surface area contributed by atoms with Gasteiger partial charge in [0, 0.05) is 0 Å². The van der Waals surface area contributed by atoms with Crippen molar-refractivity contribution >= 4 is 35.5 Å². The predicted molar refractivity (Wildman–Crippen MR) is 41.7 cm³/mol. The standard InChI is InChI=1S/C6H6.ClH.Mg.2H/c1-2-4-6-5-3-1;;;;/h1-6H;1H;;;/q;;+2;2*-1. The average molecular weight is 141 g/mol. The van der Waals surface area contributed by atoms with Crippen LogP contribution in [0.4, 0.5) is 0 Å². The molecule has 0 N–H and O–H groups in total. The van der Waals surface area contributed by atoms with E-state index >= 15 is 0 Å². The third-order valence-electron chi connectivity index (χ3n) is 0.667. The fourth-order valence-electron chi connectivity index (χ4n) is 0.385. The number of hydrogen-bond donors (Lipinski definition) is 0. The van der Waals surface area contributed by atoms with E-state index in [1.54, 1.807) is 0 Å². The molecule has 8 heavy (non-hydrogen) atoms. The van der Waals surface area contributed by atoms with Gasteiger partial charge < -0.3 is 2.85 Å². The van der Waals surface area contributed by atoms with Crippen molar-refractivity contribution in [3.8, 4) is 0 Å². The Morgan fingerprint density at radius 3 is 0.875 bits per heavy atom. The maximum atomic E-state index is 2.00. The number of halogens is 1. The summed E-state index contributed by atoms with van der Waals surface area (Å²) < 4.78 is 0. The molecular weight excluding hydrogens is 132 g/mol. The fraction of sp³-hybridized carbons (Fsp3) is 0. The fourth-order valence-corrected chi connectivity index (χ4v) is 0.385. The largest absolute Gasteiger partial charge is 2.00 e. The number of benzene rings is 1. The van der Waals surface area contributed by atoms with Gasteiger partial charge in [0.2, 0.25) is 0 Å². The van der Waals surface area contributed by atoms with Crippen LogP contribution in [0.3, 0.4) is 0 Å². The van der Waals surface area contributed by atoms with Gasteiger partial charge in [0.05, 0.1) is 0 Å². The first-order valence-electron chi connectivity index (χ1n) is 2.00. The summed E-state index contributed by atoms with van der Waals surface area (Å²) in [5, 5.41) is 0. The molecule has 0 aromatic heterocycles. The van der Waals surface area contributed by atoms with Crippen molar-refractivity contribution in [1.29, 1.82) is 0 Å². The molecule has 1 aromatic rings. The van der Waals surface area contributed by atoms with E-state index in [0.29, 0.717) is 0 Å². The Hall–Kier alpha value is 0.276. The molecule has 42 valence electrons. The van der Waals surface area contributed by atoms with Crippen LogP contribution in [0.25, 0.3) is 0 Å². The number of rotatable bonds is 0. The van der Waals surface area contributed by atoms with E-state index in [4.69, 9.17) is 0 Å². The van der Waals surface area contributed by atoms with Crippen molar-refractivity contribution in [2.24, 2.45) is 0 Å². The van der Waals surface area contributed by atoms with Crippen molar-refractivity contribution in [2.45, 2.75) is 0 Å². The molecule has 0 heterocycles. The van der Waals surface area contributed by atoms with Crippen LogP contribution in [0.2, 0.25) is 0 Å². The molecule has 0 saturated heterocycles.